The van der Waals surface area contributed by atoms with E-state index in [0.29, 0.717) is 41.4 Å². The predicted molar refractivity (Wildman–Crippen MR) is 200 cm³/mol. The average molecular weight is 707 g/mol. The van der Waals surface area contributed by atoms with Crippen LogP contribution in [0.15, 0.2) is 48.5 Å². The summed E-state index contributed by atoms with van der Waals surface area (Å²) >= 11 is 0. The number of anilines is 1. The standard InChI is InChI=1S/C42H63FN4O4/c1-27-34-23-31(42(34,3)4)24-36(27)44-41(50)40-39(28(2)49)38(26-48)51-46(40)25-30-14-12-13-29(21-30)22-33(19-20-45(5)6)47(32-15-8-7-9-16-32)37-18-11-10-17-35(37)43/h10-14,17-18,21,27-28,31-34,36,38-40,48-49H,7-9,15-16,19-20,22-26H2,1-6H3,(H,44,50)/t27-,28-,31-,33?,34+,36-,38-,39+,40-/m0/s1. The molecule has 1 heterocycles. The molecule has 1 saturated heterocycles. The number of nitrogens with one attached hydrogen (secondary N) is 1. The van der Waals surface area contributed by atoms with Crippen LogP contribution in [0.1, 0.15) is 90.2 Å². The number of aliphatic hydroxyl groups is 2. The quantitative estimate of drug-likeness (QED) is 0.216. The summed E-state index contributed by atoms with van der Waals surface area (Å²) in [5, 5.41) is 26.3. The van der Waals surface area contributed by atoms with Gasteiger partial charge in [0.15, 0.2) is 0 Å². The maximum Gasteiger partial charge on any atom is 0.240 e. The molecule has 0 spiro atoms. The lowest BCUT2D eigenvalue weighted by Gasteiger charge is -2.62. The summed E-state index contributed by atoms with van der Waals surface area (Å²) in [6.45, 7) is 9.60. The minimum atomic E-state index is -0.841. The van der Waals surface area contributed by atoms with E-state index in [1.54, 1.807) is 24.1 Å². The molecule has 5 fully saturated rings. The Kier molecular flexibility index (Phi) is 12.1. The van der Waals surface area contributed by atoms with Crippen LogP contribution < -0.4 is 10.2 Å². The number of amides is 1. The highest BCUT2D eigenvalue weighted by Crippen LogP contribution is 2.61. The molecule has 1 unspecified atom stereocenters. The lowest BCUT2D eigenvalue weighted by atomic mass is 9.45. The summed E-state index contributed by atoms with van der Waals surface area (Å²) in [6.07, 6.45) is 8.02. The highest BCUT2D eigenvalue weighted by atomic mass is 19.1. The lowest BCUT2D eigenvalue weighted by molar-refractivity contribution is -0.183. The first-order chi connectivity index (χ1) is 24.4. The molecule has 1 aliphatic heterocycles. The van der Waals surface area contributed by atoms with Gasteiger partial charge < -0.3 is 25.3 Å². The number of benzene rings is 2. The molecule has 2 bridgehead atoms. The van der Waals surface area contributed by atoms with Gasteiger partial charge in [0.1, 0.15) is 18.0 Å². The highest BCUT2D eigenvalue weighted by molar-refractivity contribution is 5.82. The molecule has 2 aromatic carbocycles. The van der Waals surface area contributed by atoms with Crippen LogP contribution in [0.25, 0.3) is 0 Å². The topological polar surface area (TPSA) is 88.5 Å². The molecular formula is C42H63FN4O4. The molecular weight excluding hydrogens is 643 g/mol. The van der Waals surface area contributed by atoms with E-state index in [1.807, 2.05) is 12.1 Å². The van der Waals surface area contributed by atoms with Crippen LogP contribution in [0.5, 0.6) is 0 Å². The van der Waals surface area contributed by atoms with Crippen LogP contribution in [0.4, 0.5) is 10.1 Å². The molecule has 9 heteroatoms. The summed E-state index contributed by atoms with van der Waals surface area (Å²) in [7, 11) is 4.18. The fourth-order valence-electron chi connectivity index (χ4n) is 10.2. The highest BCUT2D eigenvalue weighted by Gasteiger charge is 2.57. The van der Waals surface area contributed by atoms with Gasteiger partial charge in [-0.1, -0.05) is 76.4 Å². The second-order valence-electron chi connectivity index (χ2n) is 17.2. The monoisotopic (exact) mass is 706 g/mol. The van der Waals surface area contributed by atoms with E-state index in [-0.39, 0.29) is 30.4 Å². The van der Waals surface area contributed by atoms with E-state index in [2.05, 4.69) is 74.2 Å². The Morgan fingerprint density at radius 2 is 1.80 bits per heavy atom. The molecule has 9 atom stereocenters. The Morgan fingerprint density at radius 1 is 1.08 bits per heavy atom. The Bertz CT molecular complexity index is 1460. The van der Waals surface area contributed by atoms with E-state index < -0.39 is 24.2 Å². The summed E-state index contributed by atoms with van der Waals surface area (Å²) in [5.41, 5.74) is 3.14. The van der Waals surface area contributed by atoms with Gasteiger partial charge in [-0.05, 0) is 113 Å². The summed E-state index contributed by atoms with van der Waals surface area (Å²) < 4.78 is 15.5. The number of carbonyl (C=O) groups is 1. The number of rotatable bonds is 14. The first kappa shape index (κ1) is 38.2. The number of halogens is 1. The Hall–Kier alpha value is -2.56. The van der Waals surface area contributed by atoms with E-state index in [1.165, 1.54) is 12.8 Å². The number of fused-ring (bicyclic) bond motifs is 2. The second kappa shape index (κ2) is 16.2. The van der Waals surface area contributed by atoms with Gasteiger partial charge in [-0.15, -0.1) is 0 Å². The third kappa shape index (κ3) is 8.18. The molecule has 2 aromatic rings. The van der Waals surface area contributed by atoms with Gasteiger partial charge >= 0.3 is 0 Å². The molecule has 5 aliphatic rings. The number of aliphatic hydroxyl groups excluding tert-OH is 2. The zero-order valence-electron chi connectivity index (χ0n) is 31.8. The minimum absolute atomic E-state index is 0.0861. The first-order valence-corrected chi connectivity index (χ1v) is 19.7. The number of carbonyl (C=O) groups excluding carboxylic acids is 1. The fraction of sp³-hybridized carbons (Fsp3) is 0.690. The van der Waals surface area contributed by atoms with Crippen LogP contribution >= 0.6 is 0 Å². The van der Waals surface area contributed by atoms with Crippen molar-refractivity contribution in [1.29, 1.82) is 0 Å². The maximum absolute atomic E-state index is 15.5. The van der Waals surface area contributed by atoms with Crippen molar-refractivity contribution in [2.45, 2.75) is 128 Å². The van der Waals surface area contributed by atoms with Gasteiger partial charge in [0.25, 0.3) is 0 Å². The molecule has 4 aliphatic carbocycles. The van der Waals surface area contributed by atoms with E-state index in [0.717, 1.165) is 62.6 Å². The van der Waals surface area contributed by atoms with Crippen molar-refractivity contribution in [2.75, 3.05) is 32.1 Å². The number of nitrogens with zero attached hydrogens (tertiary/aromatic N) is 3. The van der Waals surface area contributed by atoms with Gasteiger partial charge in [-0.3, -0.25) is 9.63 Å². The first-order valence-electron chi connectivity index (χ1n) is 19.7. The van der Waals surface area contributed by atoms with E-state index in [9.17, 15) is 15.0 Å². The summed E-state index contributed by atoms with van der Waals surface area (Å²) in [5.74, 6) is 0.694. The van der Waals surface area contributed by atoms with Gasteiger partial charge in [-0.2, -0.15) is 5.06 Å². The number of hydroxylamine groups is 2. The maximum atomic E-state index is 15.5. The van der Waals surface area contributed by atoms with Crippen molar-refractivity contribution in [3.63, 3.8) is 0 Å². The molecule has 282 valence electrons. The fourth-order valence-corrected chi connectivity index (χ4v) is 10.2. The van der Waals surface area contributed by atoms with E-state index in [4.69, 9.17) is 4.84 Å². The zero-order valence-corrected chi connectivity index (χ0v) is 31.8. The van der Waals surface area contributed by atoms with Crippen molar-refractivity contribution >= 4 is 11.6 Å². The van der Waals surface area contributed by atoms with Crippen LogP contribution in [-0.2, 0) is 22.6 Å². The van der Waals surface area contributed by atoms with Crippen LogP contribution in [0.2, 0.25) is 0 Å². The molecule has 8 nitrogen and oxygen atoms in total. The second-order valence-corrected chi connectivity index (χ2v) is 17.2. The largest absolute Gasteiger partial charge is 0.394 e. The Morgan fingerprint density at radius 3 is 2.45 bits per heavy atom. The third-order valence-electron chi connectivity index (χ3n) is 13.3. The zero-order chi connectivity index (χ0) is 36.4. The molecule has 0 radical (unpaired) electrons. The predicted octanol–water partition coefficient (Wildman–Crippen LogP) is 6.19. The lowest BCUT2D eigenvalue weighted by Crippen LogP contribution is -2.62. The molecule has 4 saturated carbocycles. The SMILES string of the molecule is C[C@@H]1[C@@H](NC(=O)[C@@H]2[C@H]([C@H](C)O)[C@H](CO)ON2Cc2cccc(CC(CCN(C)C)N(c3ccccc3F)C3CCCCC3)c2)C[C@@H]2C[C@H]1C2(C)C. The van der Waals surface area contributed by atoms with Gasteiger partial charge in [0.05, 0.1) is 24.9 Å². The molecule has 3 N–H and O–H groups in total. The molecule has 1 amide bonds. The number of para-hydroxylation sites is 1. The van der Waals surface area contributed by atoms with Crippen molar-refractivity contribution < 1.29 is 24.2 Å². The summed E-state index contributed by atoms with van der Waals surface area (Å²) in [4.78, 5) is 25.1. The van der Waals surface area contributed by atoms with Crippen LogP contribution in [0.3, 0.4) is 0 Å². The minimum Gasteiger partial charge on any atom is -0.394 e. The van der Waals surface area contributed by atoms with Crippen LogP contribution in [0, 0.1) is 34.9 Å². The number of hydrogen-bond acceptors (Lipinski definition) is 7. The van der Waals surface area contributed by atoms with Crippen molar-refractivity contribution in [1.82, 2.24) is 15.3 Å². The number of hydrogen-bond donors (Lipinski definition) is 3. The molecule has 7 rings (SSSR count). The van der Waals surface area contributed by atoms with Gasteiger partial charge in [-0.25, -0.2) is 4.39 Å². The Labute approximate surface area is 305 Å². The normalized spacial score (nSPS) is 30.5. The summed E-state index contributed by atoms with van der Waals surface area (Å²) in [6, 6.07) is 15.4. The third-order valence-corrected chi connectivity index (χ3v) is 13.3. The van der Waals surface area contributed by atoms with E-state index >= 15 is 4.39 Å². The van der Waals surface area contributed by atoms with Gasteiger partial charge in [0.2, 0.25) is 5.91 Å². The van der Waals surface area contributed by atoms with Crippen LogP contribution in [-0.4, -0.2) is 89.7 Å². The molecule has 51 heavy (non-hydrogen) atoms. The smallest absolute Gasteiger partial charge is 0.240 e. The average Bonchev–Trinajstić information content (AvgIpc) is 3.48. The van der Waals surface area contributed by atoms with Crippen molar-refractivity contribution in [3.05, 3.63) is 65.5 Å². The Balaban J connectivity index is 1.23. The van der Waals surface area contributed by atoms with Gasteiger partial charge in [0, 0.05) is 24.0 Å². The molecule has 0 aromatic heterocycles. The van der Waals surface area contributed by atoms with Crippen molar-refractivity contribution in [2.24, 2.45) is 29.1 Å². The van der Waals surface area contributed by atoms with Crippen molar-refractivity contribution in [3.8, 4) is 0 Å².